The third-order valence-electron chi connectivity index (χ3n) is 4.99. The van der Waals surface area contributed by atoms with Gasteiger partial charge in [0.05, 0.1) is 16.9 Å². The van der Waals surface area contributed by atoms with Gasteiger partial charge in [-0.3, -0.25) is 0 Å². The molecule has 0 saturated carbocycles. The predicted molar refractivity (Wildman–Crippen MR) is 133 cm³/mol. The summed E-state index contributed by atoms with van der Waals surface area (Å²) in [6, 6.07) is 20.0. The second-order valence-corrected chi connectivity index (χ2v) is 7.91. The molecule has 13 heteroatoms. The highest BCUT2D eigenvalue weighted by molar-refractivity contribution is 7.80. The largest absolute Gasteiger partial charge is 0.573 e. The summed E-state index contributed by atoms with van der Waals surface area (Å²) in [6.07, 6.45) is -2.02. The summed E-state index contributed by atoms with van der Waals surface area (Å²) >= 11 is 5.44. The molecule has 3 aromatic carbocycles. The van der Waals surface area contributed by atoms with Crippen molar-refractivity contribution in [2.24, 2.45) is 0 Å². The average Bonchev–Trinajstić information content (AvgIpc) is 3.57. The van der Waals surface area contributed by atoms with Crippen molar-refractivity contribution < 1.29 is 22.3 Å². The number of halogens is 3. The van der Waals surface area contributed by atoms with Gasteiger partial charge < -0.3 is 19.8 Å². The van der Waals surface area contributed by atoms with E-state index >= 15 is 0 Å². The van der Waals surface area contributed by atoms with Crippen LogP contribution in [0.15, 0.2) is 89.9 Å². The minimum atomic E-state index is -4.75. The SMILES string of the molecule is FC(F)(F)Oc1ccc(-n2cnc(-c3ccc(NC(=S)Nc4ccccc4-c4nnco4)cc3)n2)cc1. The maximum absolute atomic E-state index is 12.3. The zero-order valence-corrected chi connectivity index (χ0v) is 19.5. The molecule has 5 aromatic rings. The first-order valence-corrected chi connectivity index (χ1v) is 11.1. The molecule has 9 nitrogen and oxygen atoms in total. The highest BCUT2D eigenvalue weighted by Gasteiger charge is 2.31. The zero-order valence-electron chi connectivity index (χ0n) is 18.7. The Balaban J connectivity index is 1.23. The number of hydrogen-bond donors (Lipinski definition) is 2. The number of nitrogens with one attached hydrogen (secondary N) is 2. The van der Waals surface area contributed by atoms with Crippen molar-refractivity contribution in [1.29, 1.82) is 0 Å². The molecule has 0 radical (unpaired) electrons. The Morgan fingerprint density at radius 1 is 0.946 bits per heavy atom. The van der Waals surface area contributed by atoms with E-state index < -0.39 is 6.36 Å². The van der Waals surface area contributed by atoms with Crippen molar-refractivity contribution in [3.8, 4) is 34.3 Å². The molecule has 2 heterocycles. The van der Waals surface area contributed by atoms with Crippen LogP contribution in [0.4, 0.5) is 24.5 Å². The van der Waals surface area contributed by atoms with Gasteiger partial charge in [-0.25, -0.2) is 9.67 Å². The van der Waals surface area contributed by atoms with Gasteiger partial charge in [0.25, 0.3) is 0 Å². The number of thiocarbonyl (C=S) groups is 1. The maximum Gasteiger partial charge on any atom is 0.573 e. The Labute approximate surface area is 212 Å². The standard InChI is InChI=1S/C24H16F3N7O2S/c25-24(26,27)36-18-11-9-17(10-12-18)34-13-28-21(33-34)15-5-7-16(8-6-15)30-23(37)31-20-4-2-1-3-19(20)22-32-29-14-35-22/h1-14H,(H2,30,31,37). The maximum atomic E-state index is 12.3. The van der Waals surface area contributed by atoms with Crippen molar-refractivity contribution in [3.63, 3.8) is 0 Å². The molecule has 0 bridgehead atoms. The molecular weight excluding hydrogens is 507 g/mol. The number of hydrogen-bond acceptors (Lipinski definition) is 7. The topological polar surface area (TPSA) is 103 Å². The summed E-state index contributed by atoms with van der Waals surface area (Å²) in [6.45, 7) is 0. The zero-order chi connectivity index (χ0) is 25.8. The van der Waals surface area contributed by atoms with Crippen LogP contribution < -0.4 is 15.4 Å². The lowest BCUT2D eigenvalue weighted by Gasteiger charge is -2.12. The molecule has 2 N–H and O–H groups in total. The minimum Gasteiger partial charge on any atom is -0.423 e. The third-order valence-corrected chi connectivity index (χ3v) is 5.20. The van der Waals surface area contributed by atoms with Gasteiger partial charge in [-0.05, 0) is 72.9 Å². The number of rotatable bonds is 6. The molecule has 0 spiro atoms. The van der Waals surface area contributed by atoms with Crippen LogP contribution in [0.5, 0.6) is 5.75 Å². The van der Waals surface area contributed by atoms with Crippen LogP contribution in [0.2, 0.25) is 0 Å². The van der Waals surface area contributed by atoms with E-state index in [1.807, 2.05) is 48.5 Å². The van der Waals surface area contributed by atoms with Crippen molar-refractivity contribution in [2.75, 3.05) is 10.6 Å². The summed E-state index contributed by atoms with van der Waals surface area (Å²) in [7, 11) is 0. The first-order chi connectivity index (χ1) is 17.8. The lowest BCUT2D eigenvalue weighted by molar-refractivity contribution is -0.274. The minimum absolute atomic E-state index is 0.315. The average molecular weight is 524 g/mol. The molecule has 0 aliphatic rings. The van der Waals surface area contributed by atoms with E-state index in [1.54, 1.807) is 0 Å². The highest BCUT2D eigenvalue weighted by Crippen LogP contribution is 2.27. The lowest BCUT2D eigenvalue weighted by atomic mass is 10.2. The molecule has 2 aromatic heterocycles. The number of aromatic nitrogens is 5. The van der Waals surface area contributed by atoms with Crippen molar-refractivity contribution in [3.05, 3.63) is 85.5 Å². The Bertz CT molecular complexity index is 1500. The van der Waals surface area contributed by atoms with E-state index in [0.29, 0.717) is 33.8 Å². The molecule has 0 fully saturated rings. The molecule has 5 rings (SSSR count). The number of nitrogens with zero attached hydrogens (tertiary/aromatic N) is 5. The molecule has 186 valence electrons. The van der Waals surface area contributed by atoms with Gasteiger partial charge in [0.15, 0.2) is 10.9 Å². The van der Waals surface area contributed by atoms with E-state index in [4.69, 9.17) is 16.6 Å². The van der Waals surface area contributed by atoms with E-state index in [9.17, 15) is 13.2 Å². The normalized spacial score (nSPS) is 11.2. The molecule has 0 amide bonds. The van der Waals surface area contributed by atoms with E-state index in [1.165, 1.54) is 41.7 Å². The Kier molecular flexibility index (Phi) is 6.51. The smallest absolute Gasteiger partial charge is 0.423 e. The number of benzene rings is 3. The summed E-state index contributed by atoms with van der Waals surface area (Å²) in [4.78, 5) is 4.29. The van der Waals surface area contributed by atoms with Crippen LogP contribution in [-0.4, -0.2) is 36.4 Å². The molecule has 37 heavy (non-hydrogen) atoms. The van der Waals surface area contributed by atoms with E-state index in [0.717, 1.165) is 11.3 Å². The summed E-state index contributed by atoms with van der Waals surface area (Å²) in [5.74, 6) is 0.495. The fraction of sp³-hybridized carbons (Fsp3) is 0.0417. The van der Waals surface area contributed by atoms with Gasteiger partial charge in [0.2, 0.25) is 12.3 Å². The van der Waals surface area contributed by atoms with Gasteiger partial charge in [-0.1, -0.05) is 12.1 Å². The molecule has 0 aliphatic carbocycles. The Hall–Kier alpha value is -4.78. The van der Waals surface area contributed by atoms with Gasteiger partial charge in [0.1, 0.15) is 12.1 Å². The van der Waals surface area contributed by atoms with Crippen LogP contribution in [0.1, 0.15) is 0 Å². The van der Waals surface area contributed by atoms with Gasteiger partial charge in [0, 0.05) is 11.3 Å². The summed E-state index contributed by atoms with van der Waals surface area (Å²) in [5.41, 5.74) is 3.42. The fourth-order valence-corrected chi connectivity index (χ4v) is 3.60. The van der Waals surface area contributed by atoms with Gasteiger partial charge in [-0.15, -0.1) is 28.5 Å². The third kappa shape index (κ3) is 5.90. The molecule has 0 saturated heterocycles. The van der Waals surface area contributed by atoms with Crippen molar-refractivity contribution in [1.82, 2.24) is 25.0 Å². The van der Waals surface area contributed by atoms with Crippen molar-refractivity contribution >= 4 is 28.7 Å². The van der Waals surface area contributed by atoms with Crippen LogP contribution in [0.3, 0.4) is 0 Å². The molecular formula is C24H16F3N7O2S. The van der Waals surface area contributed by atoms with Crippen molar-refractivity contribution in [2.45, 2.75) is 6.36 Å². The quantitative estimate of drug-likeness (QED) is 0.272. The summed E-state index contributed by atoms with van der Waals surface area (Å²) in [5, 5.41) is 18.6. The second-order valence-electron chi connectivity index (χ2n) is 7.50. The Morgan fingerprint density at radius 2 is 1.70 bits per heavy atom. The van der Waals surface area contributed by atoms with E-state index in [-0.39, 0.29) is 5.75 Å². The number of alkyl halides is 3. The Morgan fingerprint density at radius 3 is 2.41 bits per heavy atom. The monoisotopic (exact) mass is 523 g/mol. The number of ether oxygens (including phenoxy) is 1. The second kappa shape index (κ2) is 10.1. The molecule has 0 aliphatic heterocycles. The summed E-state index contributed by atoms with van der Waals surface area (Å²) < 4.78 is 47.7. The highest BCUT2D eigenvalue weighted by atomic mass is 32.1. The van der Waals surface area contributed by atoms with Crippen LogP contribution >= 0.6 is 12.2 Å². The first-order valence-electron chi connectivity index (χ1n) is 10.7. The van der Waals surface area contributed by atoms with E-state index in [2.05, 4.69) is 35.7 Å². The van der Waals surface area contributed by atoms with Gasteiger partial charge >= 0.3 is 6.36 Å². The lowest BCUT2D eigenvalue weighted by Crippen LogP contribution is -2.19. The molecule has 0 unspecified atom stereocenters. The predicted octanol–water partition coefficient (Wildman–Crippen LogP) is 5.69. The van der Waals surface area contributed by atoms with Crippen LogP contribution in [0.25, 0.3) is 28.5 Å². The number of anilines is 2. The van der Waals surface area contributed by atoms with Gasteiger partial charge in [-0.2, -0.15) is 0 Å². The van der Waals surface area contributed by atoms with Crippen LogP contribution in [0, 0.1) is 0 Å². The number of para-hydroxylation sites is 1. The fourth-order valence-electron chi connectivity index (χ4n) is 3.38. The molecule has 0 atom stereocenters. The first kappa shape index (κ1) is 23.9. The van der Waals surface area contributed by atoms with Crippen LogP contribution in [-0.2, 0) is 0 Å².